The highest BCUT2D eigenvalue weighted by Gasteiger charge is 2.01. The van der Waals surface area contributed by atoms with E-state index in [0.29, 0.717) is 5.88 Å². The number of carbonyl (C=O) groups excluding carboxylic acids is 2. The summed E-state index contributed by atoms with van der Waals surface area (Å²) in [6, 6.07) is 5.73. The zero-order valence-corrected chi connectivity index (χ0v) is 10.4. The van der Waals surface area contributed by atoms with Gasteiger partial charge >= 0.3 is 6.15 Å². The smallest absolute Gasteiger partial charge is 0.373 e. The van der Waals surface area contributed by atoms with Gasteiger partial charge in [0.1, 0.15) is 11.9 Å². The zero-order chi connectivity index (χ0) is 12.7. The molecule has 7 heteroatoms. The van der Waals surface area contributed by atoms with Crippen LogP contribution in [0, 0.1) is 6.92 Å². The largest absolute Gasteiger partial charge is 0.436 e. The molecule has 0 aliphatic rings. The molecule has 2 aromatic rings. The third-order valence-corrected chi connectivity index (χ3v) is 2.63. The molecule has 1 heterocycles. The lowest BCUT2D eigenvalue weighted by atomic mass is 10.2. The first-order chi connectivity index (χ1) is 8.17. The number of halogens is 1. The van der Waals surface area contributed by atoms with E-state index in [1.165, 1.54) is 6.20 Å². The molecular formula is C10H8BrN3O3. The number of aromatic nitrogens is 3. The molecule has 1 aromatic heterocycles. The fourth-order valence-corrected chi connectivity index (χ4v) is 1.29. The summed E-state index contributed by atoms with van der Waals surface area (Å²) in [5.41, 5.74) is 1.12. The monoisotopic (exact) mass is 297 g/mol. The fraction of sp³-hybridized carbons (Fsp3) is 0.100. The molecule has 2 rings (SSSR count). The van der Waals surface area contributed by atoms with Crippen LogP contribution in [0.1, 0.15) is 5.56 Å². The maximum absolute atomic E-state index is 8.12. The van der Waals surface area contributed by atoms with Crippen LogP contribution in [0.4, 0.5) is 0 Å². The van der Waals surface area contributed by atoms with Crippen molar-refractivity contribution in [2.75, 3.05) is 0 Å². The highest BCUT2D eigenvalue weighted by molar-refractivity contribution is 9.10. The van der Waals surface area contributed by atoms with Crippen molar-refractivity contribution in [2.24, 2.45) is 0 Å². The SMILES string of the molecule is Cc1cc(Oc2cn[nH]n2)ccc1Br.O=C=O. The summed E-state index contributed by atoms with van der Waals surface area (Å²) in [4.78, 5) is 16.2. The second kappa shape index (κ2) is 6.57. The molecule has 0 saturated heterocycles. The summed E-state index contributed by atoms with van der Waals surface area (Å²) >= 11 is 3.42. The van der Waals surface area contributed by atoms with Crippen LogP contribution < -0.4 is 4.74 Å². The van der Waals surface area contributed by atoms with E-state index in [1.54, 1.807) is 0 Å². The van der Waals surface area contributed by atoms with Gasteiger partial charge in [0.25, 0.3) is 5.88 Å². The van der Waals surface area contributed by atoms with Gasteiger partial charge in [0.15, 0.2) is 0 Å². The van der Waals surface area contributed by atoms with Crippen molar-refractivity contribution in [3.63, 3.8) is 0 Å². The molecule has 0 bridgehead atoms. The summed E-state index contributed by atoms with van der Waals surface area (Å²) in [5.74, 6) is 1.21. The molecule has 0 aliphatic heterocycles. The number of nitrogens with one attached hydrogen (secondary N) is 1. The van der Waals surface area contributed by atoms with Gasteiger partial charge < -0.3 is 4.74 Å². The second-order valence-corrected chi connectivity index (χ2v) is 3.76. The predicted molar refractivity (Wildman–Crippen MR) is 60.3 cm³/mol. The van der Waals surface area contributed by atoms with E-state index in [9.17, 15) is 0 Å². The van der Waals surface area contributed by atoms with Crippen molar-refractivity contribution in [1.29, 1.82) is 0 Å². The molecule has 0 saturated carbocycles. The van der Waals surface area contributed by atoms with Gasteiger partial charge in [-0.1, -0.05) is 15.9 Å². The lowest BCUT2D eigenvalue weighted by molar-refractivity contribution is -0.191. The van der Waals surface area contributed by atoms with E-state index in [4.69, 9.17) is 14.3 Å². The summed E-state index contributed by atoms with van der Waals surface area (Å²) in [7, 11) is 0. The first kappa shape index (κ1) is 13.1. The maximum atomic E-state index is 8.12. The number of aromatic amines is 1. The first-order valence-corrected chi connectivity index (χ1v) is 5.25. The molecule has 1 aromatic carbocycles. The third-order valence-electron chi connectivity index (χ3n) is 1.74. The van der Waals surface area contributed by atoms with Crippen molar-refractivity contribution in [3.05, 3.63) is 34.4 Å². The van der Waals surface area contributed by atoms with Gasteiger partial charge in [0.2, 0.25) is 0 Å². The van der Waals surface area contributed by atoms with Gasteiger partial charge in [-0.3, -0.25) is 0 Å². The van der Waals surface area contributed by atoms with Crippen molar-refractivity contribution in [2.45, 2.75) is 6.92 Å². The van der Waals surface area contributed by atoms with Crippen LogP contribution in [0.2, 0.25) is 0 Å². The molecule has 6 nitrogen and oxygen atoms in total. The van der Waals surface area contributed by atoms with E-state index in [-0.39, 0.29) is 6.15 Å². The van der Waals surface area contributed by atoms with Crippen LogP contribution in [0.25, 0.3) is 0 Å². The normalized spacial score (nSPS) is 8.82. The minimum absolute atomic E-state index is 0.250. The van der Waals surface area contributed by atoms with Crippen molar-refractivity contribution < 1.29 is 14.3 Å². The minimum atomic E-state index is 0.250. The molecule has 88 valence electrons. The predicted octanol–water partition coefficient (Wildman–Crippen LogP) is 2.08. The molecule has 0 fully saturated rings. The Labute approximate surface area is 105 Å². The van der Waals surface area contributed by atoms with E-state index in [2.05, 4.69) is 31.3 Å². The average molecular weight is 298 g/mol. The van der Waals surface area contributed by atoms with Crippen molar-refractivity contribution in [3.8, 4) is 11.6 Å². The number of benzene rings is 1. The second-order valence-electron chi connectivity index (χ2n) is 2.90. The number of hydrogen-bond acceptors (Lipinski definition) is 5. The molecule has 17 heavy (non-hydrogen) atoms. The molecule has 0 atom stereocenters. The first-order valence-electron chi connectivity index (χ1n) is 4.46. The van der Waals surface area contributed by atoms with Gasteiger partial charge in [-0.2, -0.15) is 19.9 Å². The zero-order valence-electron chi connectivity index (χ0n) is 8.81. The highest BCUT2D eigenvalue weighted by Crippen LogP contribution is 2.24. The minimum Gasteiger partial charge on any atom is -0.436 e. The van der Waals surface area contributed by atoms with E-state index >= 15 is 0 Å². The van der Waals surface area contributed by atoms with Gasteiger partial charge in [-0.25, -0.2) is 0 Å². The van der Waals surface area contributed by atoms with Gasteiger partial charge in [0, 0.05) is 4.47 Å². The van der Waals surface area contributed by atoms with E-state index in [0.717, 1.165) is 15.8 Å². The molecule has 0 spiro atoms. The van der Waals surface area contributed by atoms with Gasteiger partial charge in [-0.05, 0) is 30.7 Å². The van der Waals surface area contributed by atoms with Crippen LogP contribution in [0.5, 0.6) is 11.6 Å². The molecule has 0 aliphatic carbocycles. The Kier molecular flexibility index (Phi) is 5.06. The Bertz CT molecular complexity index is 508. The number of rotatable bonds is 2. The molecule has 0 amide bonds. The number of aryl methyl sites for hydroxylation is 1. The lowest BCUT2D eigenvalue weighted by Gasteiger charge is -2.03. The van der Waals surface area contributed by atoms with Crippen LogP contribution in [-0.4, -0.2) is 21.6 Å². The summed E-state index contributed by atoms with van der Waals surface area (Å²) in [6.45, 7) is 2.00. The van der Waals surface area contributed by atoms with Crippen LogP contribution in [0.15, 0.2) is 28.9 Å². The topological polar surface area (TPSA) is 84.9 Å². The number of ether oxygens (including phenoxy) is 1. The molecule has 1 N–H and O–H groups in total. The maximum Gasteiger partial charge on any atom is 0.373 e. The summed E-state index contributed by atoms with van der Waals surface area (Å²) < 4.78 is 6.49. The lowest BCUT2D eigenvalue weighted by Crippen LogP contribution is -1.85. The highest BCUT2D eigenvalue weighted by atomic mass is 79.9. The van der Waals surface area contributed by atoms with E-state index < -0.39 is 0 Å². The van der Waals surface area contributed by atoms with Crippen molar-refractivity contribution in [1.82, 2.24) is 15.4 Å². The average Bonchev–Trinajstić information content (AvgIpc) is 2.77. The fourth-order valence-electron chi connectivity index (χ4n) is 1.04. The molecule has 0 radical (unpaired) electrons. The van der Waals surface area contributed by atoms with Crippen molar-refractivity contribution >= 4 is 22.1 Å². The van der Waals surface area contributed by atoms with Gasteiger partial charge in [-0.15, -0.1) is 5.10 Å². The van der Waals surface area contributed by atoms with Crippen LogP contribution in [-0.2, 0) is 9.59 Å². The van der Waals surface area contributed by atoms with Gasteiger partial charge in [0.05, 0.1) is 0 Å². The van der Waals surface area contributed by atoms with Crippen LogP contribution >= 0.6 is 15.9 Å². The summed E-state index contributed by atoms with van der Waals surface area (Å²) in [5, 5.41) is 9.92. The standard InChI is InChI=1S/C9H8BrN3O.CO2/c1-6-4-7(2-3-8(6)10)14-9-5-11-13-12-9;2-1-3/h2-5H,1H3,(H,11,12,13);. The Hall–Kier alpha value is -1.98. The Balaban J connectivity index is 0.000000437. The molecular weight excluding hydrogens is 290 g/mol. The number of hydrogen-bond donors (Lipinski definition) is 1. The Morgan fingerprint density at radius 2 is 2.12 bits per heavy atom. The Morgan fingerprint density at radius 1 is 1.41 bits per heavy atom. The number of nitrogens with zero attached hydrogens (tertiary/aromatic N) is 2. The summed E-state index contributed by atoms with van der Waals surface area (Å²) in [6.07, 6.45) is 1.78. The molecule has 0 unspecified atom stereocenters. The van der Waals surface area contributed by atoms with Crippen LogP contribution in [0.3, 0.4) is 0 Å². The quantitative estimate of drug-likeness (QED) is 0.917. The third kappa shape index (κ3) is 4.18. The van der Waals surface area contributed by atoms with E-state index in [1.807, 2.05) is 25.1 Å². The number of H-pyrrole nitrogens is 1. The Morgan fingerprint density at radius 3 is 2.65 bits per heavy atom.